The SMILES string of the molecule is CN(CCC(=O)NNc1nc(CCCc2ccc(O)cc2)nc(Nc2ccccc2)n1)CCC(=O)NNc1nc(NCCc2ccc(O)cc2)nc(Nc2ccccc2)n1.Cc1cccc(Nc2nc(CC(C)C)nc(Nc3ccccc3O)n2)c1. The molecule has 3 heterocycles. The fourth-order valence-electron chi connectivity index (χ4n) is 8.22. The minimum Gasteiger partial charge on any atom is -0.508 e. The molecule has 86 heavy (non-hydrogen) atoms. The first kappa shape index (κ1) is 61.3. The fourth-order valence-corrected chi connectivity index (χ4v) is 8.22. The van der Waals surface area contributed by atoms with Crippen molar-refractivity contribution in [2.75, 3.05) is 64.1 Å². The largest absolute Gasteiger partial charge is 0.508 e. The lowest BCUT2D eigenvalue weighted by atomic mass is 10.1. The van der Waals surface area contributed by atoms with Crippen molar-refractivity contribution in [3.63, 3.8) is 0 Å². The summed E-state index contributed by atoms with van der Waals surface area (Å²) in [5, 5.41) is 44.9. The molecule has 3 aromatic heterocycles. The molecule has 9 aromatic rings. The van der Waals surface area contributed by atoms with Crippen molar-refractivity contribution in [1.82, 2.24) is 60.6 Å². The number of carbonyl (C=O) groups excluding carboxylic acids is 2. The van der Waals surface area contributed by atoms with Crippen LogP contribution in [0.3, 0.4) is 0 Å². The molecule has 6 aromatic carbocycles. The average molecular weight is 1160 g/mol. The van der Waals surface area contributed by atoms with Crippen LogP contribution in [0, 0.1) is 12.8 Å². The van der Waals surface area contributed by atoms with E-state index in [0.717, 1.165) is 53.0 Å². The average Bonchev–Trinajstić information content (AvgIpc) is 3.61. The van der Waals surface area contributed by atoms with Crippen molar-refractivity contribution in [2.24, 2.45) is 5.92 Å². The number of hydrogen-bond acceptors (Lipinski definition) is 22. The number of nitrogens with one attached hydrogen (secondary N) is 9. The molecular weight excluding hydrogens is 1090 g/mol. The van der Waals surface area contributed by atoms with Crippen LogP contribution >= 0.6 is 0 Å². The Morgan fingerprint density at radius 2 is 0.942 bits per heavy atom. The predicted octanol–water partition coefficient (Wildman–Crippen LogP) is 9.65. The Bertz CT molecular complexity index is 3430. The standard InChI is InChI=1S/C42H48N14O4.C20H23N5O/c1-56(27-24-36(59)52-54-41-47-35(14-8-9-29-15-19-33(57)20-16-29)46-39(50-41)44-31-10-4-2-5-11-31)28-25-37(60)53-55-42-49-38(43-26-23-30-17-21-34(58)22-18-30)48-40(51-42)45-32-12-6-3-7-13-32;1-13(2)11-18-23-19(21-15-8-6-7-14(3)12-15)25-20(24-18)22-16-9-4-5-10-17(16)26/h2-7,10-13,15-22,57-58H,8-9,14,23-28H2,1H3,(H,52,59)(H,53,60)(H2,44,46,47,50,54)(H3,43,45,48,49,51,55);4-10,12-13,26H,11H2,1-3H3,(H2,21,22,23,24,25). The minimum absolute atomic E-state index is 0.129. The van der Waals surface area contributed by atoms with E-state index in [1.807, 2.05) is 134 Å². The first-order valence-corrected chi connectivity index (χ1v) is 28.1. The third kappa shape index (κ3) is 21.2. The number of para-hydroxylation sites is 4. The van der Waals surface area contributed by atoms with Crippen LogP contribution in [0.25, 0.3) is 0 Å². The monoisotopic (exact) mass is 1160 g/mol. The van der Waals surface area contributed by atoms with E-state index in [9.17, 15) is 24.9 Å². The highest BCUT2D eigenvalue weighted by Crippen LogP contribution is 2.26. The summed E-state index contributed by atoms with van der Waals surface area (Å²) >= 11 is 0. The van der Waals surface area contributed by atoms with Crippen molar-refractivity contribution < 1.29 is 24.9 Å². The minimum atomic E-state index is -0.304. The summed E-state index contributed by atoms with van der Waals surface area (Å²) in [6.45, 7) is 7.55. The number of nitrogens with zero attached hydrogens (tertiary/aromatic N) is 10. The first-order chi connectivity index (χ1) is 41.7. The van der Waals surface area contributed by atoms with Crippen LogP contribution in [-0.2, 0) is 35.3 Å². The fraction of sp³-hybridized carbons (Fsp3) is 0.242. The maximum atomic E-state index is 12.8. The summed E-state index contributed by atoms with van der Waals surface area (Å²) in [7, 11) is 1.82. The number of aryl methyl sites for hydroxylation is 3. The van der Waals surface area contributed by atoms with Gasteiger partial charge in [-0.2, -0.15) is 44.9 Å². The van der Waals surface area contributed by atoms with E-state index in [-0.39, 0.29) is 59.7 Å². The molecule has 0 saturated carbocycles. The van der Waals surface area contributed by atoms with E-state index in [2.05, 4.69) is 107 Å². The first-order valence-electron chi connectivity index (χ1n) is 28.1. The Morgan fingerprint density at radius 3 is 1.52 bits per heavy atom. The second-order valence-electron chi connectivity index (χ2n) is 20.3. The van der Waals surface area contributed by atoms with E-state index < -0.39 is 0 Å². The molecule has 0 aliphatic rings. The number of carbonyl (C=O) groups is 2. The molecule has 0 spiro atoms. The van der Waals surface area contributed by atoms with Crippen molar-refractivity contribution in [2.45, 2.75) is 65.7 Å². The molecule has 0 aliphatic heterocycles. The van der Waals surface area contributed by atoms with Crippen LogP contribution in [0.4, 0.5) is 64.4 Å². The zero-order valence-corrected chi connectivity index (χ0v) is 48.3. The van der Waals surface area contributed by atoms with Crippen molar-refractivity contribution in [1.29, 1.82) is 0 Å². The molecule has 2 amide bonds. The van der Waals surface area contributed by atoms with E-state index in [1.54, 1.807) is 42.5 Å². The Kier molecular flexibility index (Phi) is 22.5. The van der Waals surface area contributed by atoms with Gasteiger partial charge in [0.2, 0.25) is 53.5 Å². The quantitative estimate of drug-likeness (QED) is 0.0160. The molecular formula is C62H71N19O5. The maximum Gasteiger partial charge on any atom is 0.248 e. The van der Waals surface area contributed by atoms with Crippen LogP contribution in [0.15, 0.2) is 158 Å². The number of benzene rings is 6. The second kappa shape index (κ2) is 31.6. The zero-order valence-electron chi connectivity index (χ0n) is 48.3. The van der Waals surface area contributed by atoms with Crippen LogP contribution < -0.4 is 48.3 Å². The molecule has 24 heteroatoms. The summed E-state index contributed by atoms with van der Waals surface area (Å²) < 4.78 is 0. The molecule has 444 valence electrons. The Balaban J connectivity index is 0.000000307. The molecule has 0 saturated heterocycles. The van der Waals surface area contributed by atoms with Gasteiger partial charge in [0.25, 0.3) is 0 Å². The van der Waals surface area contributed by atoms with Gasteiger partial charge in [-0.25, -0.2) is 0 Å². The van der Waals surface area contributed by atoms with Gasteiger partial charge in [-0.05, 0) is 129 Å². The lowest BCUT2D eigenvalue weighted by Crippen LogP contribution is -2.36. The normalized spacial score (nSPS) is 10.8. The van der Waals surface area contributed by atoms with E-state index in [1.165, 1.54) is 0 Å². The summed E-state index contributed by atoms with van der Waals surface area (Å²) in [6, 6.07) is 48.0. The summed E-state index contributed by atoms with van der Waals surface area (Å²) in [4.78, 5) is 67.8. The number of hydrogen-bond donors (Lipinski definition) is 12. The van der Waals surface area contributed by atoms with Crippen LogP contribution in [0.5, 0.6) is 17.2 Å². The maximum absolute atomic E-state index is 12.8. The number of aromatic hydroxyl groups is 3. The Hall–Kier alpha value is -10.8. The topological polar surface area (TPSA) is 322 Å². The number of anilines is 11. The molecule has 0 fully saturated rings. The molecule has 0 unspecified atom stereocenters. The number of phenolic OH excluding ortho intramolecular Hbond substituents is 3. The summed E-state index contributed by atoms with van der Waals surface area (Å²) in [5.74, 6) is 3.73. The van der Waals surface area contributed by atoms with Crippen LogP contribution in [-0.4, -0.2) is 104 Å². The second-order valence-corrected chi connectivity index (χ2v) is 20.3. The van der Waals surface area contributed by atoms with Gasteiger partial charge in [0.1, 0.15) is 28.9 Å². The summed E-state index contributed by atoms with van der Waals surface area (Å²) in [5.41, 5.74) is 17.2. The van der Waals surface area contributed by atoms with Crippen molar-refractivity contribution in [3.05, 3.63) is 186 Å². The molecule has 0 atom stereocenters. The highest BCUT2D eigenvalue weighted by atomic mass is 16.3. The Morgan fingerprint density at radius 1 is 0.477 bits per heavy atom. The van der Waals surface area contributed by atoms with Gasteiger partial charge in [0, 0.05) is 62.4 Å². The lowest BCUT2D eigenvalue weighted by molar-refractivity contribution is -0.120. The molecule has 9 rings (SSSR count). The zero-order chi connectivity index (χ0) is 60.5. The lowest BCUT2D eigenvalue weighted by Gasteiger charge is -2.17. The third-order valence-electron chi connectivity index (χ3n) is 12.6. The molecule has 24 nitrogen and oxygen atoms in total. The van der Waals surface area contributed by atoms with E-state index >= 15 is 0 Å². The molecule has 12 N–H and O–H groups in total. The van der Waals surface area contributed by atoms with Gasteiger partial charge in [0.05, 0.1) is 5.69 Å². The smallest absolute Gasteiger partial charge is 0.248 e. The van der Waals surface area contributed by atoms with Gasteiger partial charge in [-0.3, -0.25) is 31.3 Å². The predicted molar refractivity (Wildman–Crippen MR) is 334 cm³/mol. The van der Waals surface area contributed by atoms with Crippen LogP contribution in [0.2, 0.25) is 0 Å². The van der Waals surface area contributed by atoms with Gasteiger partial charge in [-0.15, -0.1) is 0 Å². The van der Waals surface area contributed by atoms with Crippen molar-refractivity contribution in [3.8, 4) is 17.2 Å². The number of hydrazine groups is 2. The van der Waals surface area contributed by atoms with E-state index in [4.69, 9.17) is 0 Å². The number of amides is 2. The number of aromatic nitrogens is 9. The van der Waals surface area contributed by atoms with Gasteiger partial charge >= 0.3 is 0 Å². The number of rotatable bonds is 28. The highest BCUT2D eigenvalue weighted by Gasteiger charge is 2.15. The van der Waals surface area contributed by atoms with Crippen LogP contribution in [0.1, 0.15) is 61.4 Å². The highest BCUT2D eigenvalue weighted by molar-refractivity contribution is 5.78. The number of phenols is 3. The molecule has 0 bridgehead atoms. The Labute approximate surface area is 498 Å². The summed E-state index contributed by atoms with van der Waals surface area (Å²) in [6.07, 6.45) is 3.78. The van der Waals surface area contributed by atoms with Gasteiger partial charge < -0.3 is 46.8 Å². The molecule has 0 radical (unpaired) electrons. The van der Waals surface area contributed by atoms with Gasteiger partial charge in [0.15, 0.2) is 0 Å². The van der Waals surface area contributed by atoms with Crippen molar-refractivity contribution >= 4 is 76.2 Å². The third-order valence-corrected chi connectivity index (χ3v) is 12.6. The van der Waals surface area contributed by atoms with E-state index in [0.29, 0.717) is 79.5 Å². The molecule has 0 aliphatic carbocycles. The van der Waals surface area contributed by atoms with Gasteiger partial charge in [-0.1, -0.05) is 98.8 Å².